The lowest BCUT2D eigenvalue weighted by Gasteiger charge is -2.24. The molecule has 6 nitrogen and oxygen atoms in total. The smallest absolute Gasteiger partial charge is 0.303 e. The second-order valence-electron chi connectivity index (χ2n) is 9.54. The number of rotatable bonds is 9. The minimum atomic E-state index is -2.93. The van der Waals surface area contributed by atoms with E-state index in [0.29, 0.717) is 24.2 Å². The monoisotopic (exact) mass is 526 g/mol. The first-order valence-corrected chi connectivity index (χ1v) is 14.1. The molecule has 37 heavy (non-hydrogen) atoms. The molecule has 1 aliphatic heterocycles. The highest BCUT2D eigenvalue weighted by Gasteiger charge is 2.25. The maximum Gasteiger partial charge on any atom is 0.303 e. The average molecular weight is 527 g/mol. The Balaban J connectivity index is 1.43. The first-order chi connectivity index (χ1) is 17.6. The van der Waals surface area contributed by atoms with Crippen molar-refractivity contribution in [2.45, 2.75) is 52.2 Å². The summed E-state index contributed by atoms with van der Waals surface area (Å²) in [4.78, 5) is 10.7. The highest BCUT2D eigenvalue weighted by molar-refractivity contribution is 7.91. The van der Waals surface area contributed by atoms with Crippen LogP contribution < -0.4 is 9.47 Å². The molecule has 1 heterocycles. The molecule has 0 atom stereocenters. The van der Waals surface area contributed by atoms with E-state index in [9.17, 15) is 17.6 Å². The van der Waals surface area contributed by atoms with E-state index in [1.165, 1.54) is 6.07 Å². The number of benzene rings is 3. The molecule has 0 spiro atoms. The predicted octanol–water partition coefficient (Wildman–Crippen LogP) is 5.66. The molecule has 0 amide bonds. The first kappa shape index (κ1) is 26.7. The quantitative estimate of drug-likeness (QED) is 0.387. The molecular formula is C29H31FO6S. The van der Waals surface area contributed by atoms with Crippen LogP contribution in [-0.2, 0) is 27.7 Å². The van der Waals surface area contributed by atoms with Crippen LogP contribution in [0.1, 0.15) is 41.5 Å². The van der Waals surface area contributed by atoms with E-state index in [4.69, 9.17) is 14.6 Å². The minimum Gasteiger partial charge on any atom is -0.490 e. The van der Waals surface area contributed by atoms with E-state index < -0.39 is 21.6 Å². The summed E-state index contributed by atoms with van der Waals surface area (Å²) in [5, 5.41) is 8.79. The maximum atomic E-state index is 14.3. The fraction of sp³-hybridized carbons (Fsp3) is 0.345. The molecule has 3 aromatic carbocycles. The summed E-state index contributed by atoms with van der Waals surface area (Å²) in [5.74, 6) is 0.0291. The van der Waals surface area contributed by atoms with Gasteiger partial charge in [-0.3, -0.25) is 4.79 Å². The predicted molar refractivity (Wildman–Crippen MR) is 140 cm³/mol. The number of sulfone groups is 1. The van der Waals surface area contributed by atoms with Gasteiger partial charge >= 0.3 is 5.97 Å². The number of ether oxygens (including phenoxy) is 2. The lowest BCUT2D eigenvalue weighted by molar-refractivity contribution is -0.136. The molecule has 0 radical (unpaired) electrons. The van der Waals surface area contributed by atoms with Crippen molar-refractivity contribution in [1.82, 2.24) is 0 Å². The number of carboxylic acids is 1. The summed E-state index contributed by atoms with van der Waals surface area (Å²) in [6.07, 6.45) is 0.943. The van der Waals surface area contributed by atoms with Crippen LogP contribution in [0.5, 0.6) is 11.5 Å². The summed E-state index contributed by atoms with van der Waals surface area (Å²) in [6, 6.07) is 16.4. The molecule has 1 fully saturated rings. The van der Waals surface area contributed by atoms with Gasteiger partial charge in [-0.15, -0.1) is 0 Å². The second kappa shape index (κ2) is 11.3. The van der Waals surface area contributed by atoms with Gasteiger partial charge in [0, 0.05) is 12.5 Å². The topological polar surface area (TPSA) is 89.9 Å². The SMILES string of the molecule is Cc1cc(OC2CCS(=O)(=O)CC2)cc(C)c1-c1cccc(COc2ccc(CCC(=O)O)c(F)c2)c1. The van der Waals surface area contributed by atoms with Crippen LogP contribution in [0.15, 0.2) is 54.6 Å². The van der Waals surface area contributed by atoms with E-state index >= 15 is 0 Å². The number of hydrogen-bond donors (Lipinski definition) is 1. The first-order valence-electron chi connectivity index (χ1n) is 12.3. The summed E-state index contributed by atoms with van der Waals surface area (Å²) in [6.45, 7) is 4.31. The molecule has 0 saturated carbocycles. The lowest BCUT2D eigenvalue weighted by atomic mass is 9.94. The van der Waals surface area contributed by atoms with Gasteiger partial charge in [-0.05, 0) is 90.8 Å². The van der Waals surface area contributed by atoms with Crippen molar-refractivity contribution in [3.8, 4) is 22.6 Å². The van der Waals surface area contributed by atoms with Crippen molar-refractivity contribution in [2.24, 2.45) is 0 Å². The Morgan fingerprint density at radius 1 is 1.00 bits per heavy atom. The third-order valence-corrected chi connectivity index (χ3v) is 8.28. The molecule has 8 heteroatoms. The molecule has 0 bridgehead atoms. The van der Waals surface area contributed by atoms with Crippen molar-refractivity contribution in [1.29, 1.82) is 0 Å². The minimum absolute atomic E-state index is 0.0928. The van der Waals surface area contributed by atoms with E-state index in [-0.39, 0.29) is 37.1 Å². The average Bonchev–Trinajstić information content (AvgIpc) is 2.83. The summed E-state index contributed by atoms with van der Waals surface area (Å²) in [7, 11) is -2.93. The molecule has 1 aliphatic rings. The Morgan fingerprint density at radius 2 is 1.70 bits per heavy atom. The summed E-state index contributed by atoms with van der Waals surface area (Å²) < 4.78 is 49.6. The molecule has 196 valence electrons. The van der Waals surface area contributed by atoms with Crippen molar-refractivity contribution >= 4 is 15.8 Å². The zero-order valence-corrected chi connectivity index (χ0v) is 21.8. The normalized spacial score (nSPS) is 15.3. The molecule has 0 aliphatic carbocycles. The van der Waals surface area contributed by atoms with Crippen LogP contribution in [0, 0.1) is 19.7 Å². The highest BCUT2D eigenvalue weighted by atomic mass is 32.2. The number of aliphatic carboxylic acids is 1. The van der Waals surface area contributed by atoms with Gasteiger partial charge in [0.15, 0.2) is 9.84 Å². The van der Waals surface area contributed by atoms with Crippen LogP contribution in [0.4, 0.5) is 4.39 Å². The summed E-state index contributed by atoms with van der Waals surface area (Å²) >= 11 is 0. The number of carbonyl (C=O) groups is 1. The molecule has 0 unspecified atom stereocenters. The number of halogens is 1. The van der Waals surface area contributed by atoms with Gasteiger partial charge in [0.25, 0.3) is 0 Å². The van der Waals surface area contributed by atoms with Crippen molar-refractivity contribution in [3.05, 3.63) is 82.7 Å². The van der Waals surface area contributed by atoms with Crippen LogP contribution in [0.3, 0.4) is 0 Å². The fourth-order valence-corrected chi connectivity index (χ4v) is 6.12. The van der Waals surface area contributed by atoms with Crippen molar-refractivity contribution in [2.75, 3.05) is 11.5 Å². The van der Waals surface area contributed by atoms with Crippen LogP contribution in [0.2, 0.25) is 0 Å². The Labute approximate surface area is 217 Å². The Bertz CT molecular complexity index is 1360. The van der Waals surface area contributed by atoms with Gasteiger partial charge < -0.3 is 14.6 Å². The molecule has 1 N–H and O–H groups in total. The number of carboxylic acid groups (broad SMARTS) is 1. The number of aryl methyl sites for hydroxylation is 3. The zero-order chi connectivity index (χ0) is 26.6. The van der Waals surface area contributed by atoms with E-state index in [1.807, 2.05) is 50.2 Å². The van der Waals surface area contributed by atoms with Gasteiger partial charge in [0.2, 0.25) is 0 Å². The standard InChI is InChI=1S/C29H31FO6S/c1-19-14-26(36-24-10-12-37(33,34)13-11-24)15-20(2)29(19)23-5-3-4-21(16-23)18-35-25-8-6-22(27(30)17-25)7-9-28(31)32/h3-6,8,14-17,24H,7,9-13,18H2,1-2H3,(H,31,32). The van der Waals surface area contributed by atoms with Gasteiger partial charge in [0.1, 0.15) is 30.0 Å². The van der Waals surface area contributed by atoms with E-state index in [2.05, 4.69) is 0 Å². The Morgan fingerprint density at radius 3 is 2.35 bits per heavy atom. The van der Waals surface area contributed by atoms with E-state index in [1.54, 1.807) is 12.1 Å². The van der Waals surface area contributed by atoms with Crippen LogP contribution in [0.25, 0.3) is 11.1 Å². The Hall–Kier alpha value is -3.39. The molecule has 4 rings (SSSR count). The number of hydrogen-bond acceptors (Lipinski definition) is 5. The lowest BCUT2D eigenvalue weighted by Crippen LogP contribution is -2.30. The van der Waals surface area contributed by atoms with Crippen LogP contribution >= 0.6 is 0 Å². The zero-order valence-electron chi connectivity index (χ0n) is 21.0. The van der Waals surface area contributed by atoms with Gasteiger partial charge in [-0.25, -0.2) is 12.8 Å². The Kier molecular flexibility index (Phi) is 8.17. The fourth-order valence-electron chi connectivity index (χ4n) is 4.67. The highest BCUT2D eigenvalue weighted by Crippen LogP contribution is 2.33. The molecule has 3 aromatic rings. The third kappa shape index (κ3) is 7.10. The molecule has 0 aromatic heterocycles. The van der Waals surface area contributed by atoms with E-state index in [0.717, 1.165) is 33.6 Å². The van der Waals surface area contributed by atoms with Crippen LogP contribution in [-0.4, -0.2) is 37.1 Å². The van der Waals surface area contributed by atoms with Crippen molar-refractivity contribution in [3.63, 3.8) is 0 Å². The second-order valence-corrected chi connectivity index (χ2v) is 11.8. The summed E-state index contributed by atoms with van der Waals surface area (Å²) in [5.41, 5.74) is 5.50. The maximum absolute atomic E-state index is 14.3. The van der Waals surface area contributed by atoms with Gasteiger partial charge in [-0.2, -0.15) is 0 Å². The largest absolute Gasteiger partial charge is 0.490 e. The molecular weight excluding hydrogens is 495 g/mol. The van der Waals surface area contributed by atoms with Crippen molar-refractivity contribution < 1.29 is 32.2 Å². The third-order valence-electron chi connectivity index (χ3n) is 6.56. The van der Waals surface area contributed by atoms with Gasteiger partial charge in [-0.1, -0.05) is 24.3 Å². The van der Waals surface area contributed by atoms with Gasteiger partial charge in [0.05, 0.1) is 11.5 Å². The molecule has 1 saturated heterocycles.